The number of hydrogen-bond acceptors (Lipinski definition) is 4. The van der Waals surface area contributed by atoms with Gasteiger partial charge in [-0.1, -0.05) is 0 Å². The van der Waals surface area contributed by atoms with Crippen molar-refractivity contribution in [2.24, 2.45) is 0 Å². The molecule has 0 aliphatic heterocycles. The first-order valence-corrected chi connectivity index (χ1v) is 3.74. The lowest BCUT2D eigenvalue weighted by Crippen LogP contribution is -2.41. The molecule has 0 aromatic heterocycles. The molecule has 2 N–H and O–H groups in total. The van der Waals surface area contributed by atoms with Crippen LogP contribution < -0.4 is 0 Å². The van der Waals surface area contributed by atoms with E-state index >= 15 is 0 Å². The number of rotatable bonds is 3. The summed E-state index contributed by atoms with van der Waals surface area (Å²) >= 11 is -2.58. The summed E-state index contributed by atoms with van der Waals surface area (Å²) in [7, 11) is 0. The SMILES string of the molecule is CC(O)N(C(C)O)S(=O)[O-]. The minimum Gasteiger partial charge on any atom is -0.759 e. The average molecular weight is 168 g/mol. The maximum absolute atomic E-state index is 10.2. The second-order valence-corrected chi connectivity index (χ2v) is 2.70. The molecule has 6 heteroatoms. The predicted molar refractivity (Wildman–Crippen MR) is 34.1 cm³/mol. The van der Waals surface area contributed by atoms with Gasteiger partial charge in [0.05, 0.1) is 0 Å². The van der Waals surface area contributed by atoms with Crippen molar-refractivity contribution in [2.75, 3.05) is 0 Å². The highest BCUT2D eigenvalue weighted by Crippen LogP contribution is 2.02. The second-order valence-electron chi connectivity index (χ2n) is 1.84. The summed E-state index contributed by atoms with van der Waals surface area (Å²) in [6.07, 6.45) is -2.39. The van der Waals surface area contributed by atoms with Gasteiger partial charge < -0.3 is 14.8 Å². The van der Waals surface area contributed by atoms with Crippen molar-refractivity contribution in [1.29, 1.82) is 0 Å². The monoisotopic (exact) mass is 168 g/mol. The van der Waals surface area contributed by atoms with Crippen molar-refractivity contribution in [3.05, 3.63) is 0 Å². The second kappa shape index (κ2) is 3.99. The quantitative estimate of drug-likeness (QED) is 0.408. The zero-order valence-electron chi connectivity index (χ0n) is 5.72. The molecule has 0 spiro atoms. The Balaban J connectivity index is 4.12. The number of aliphatic hydroxyl groups is 2. The molecule has 0 saturated carbocycles. The summed E-state index contributed by atoms with van der Waals surface area (Å²) in [4.78, 5) is 0. The molecule has 0 aromatic rings. The van der Waals surface area contributed by atoms with Gasteiger partial charge in [0.25, 0.3) is 0 Å². The molecule has 0 fully saturated rings. The van der Waals surface area contributed by atoms with E-state index in [0.717, 1.165) is 0 Å². The summed E-state index contributed by atoms with van der Waals surface area (Å²) in [5, 5.41) is 17.5. The average Bonchev–Trinajstić information content (AvgIpc) is 1.59. The van der Waals surface area contributed by atoms with Crippen LogP contribution in [0.3, 0.4) is 0 Å². The molecule has 3 atom stereocenters. The largest absolute Gasteiger partial charge is 0.759 e. The molecule has 10 heavy (non-hydrogen) atoms. The first-order chi connectivity index (χ1) is 4.46. The van der Waals surface area contributed by atoms with Crippen molar-refractivity contribution in [1.82, 2.24) is 4.31 Å². The number of aliphatic hydroxyl groups excluding tert-OH is 2. The normalized spacial score (nSPS) is 20.6. The van der Waals surface area contributed by atoms with Crippen LogP contribution in [0.4, 0.5) is 0 Å². The summed E-state index contributed by atoms with van der Waals surface area (Å²) in [6.45, 7) is 2.50. The van der Waals surface area contributed by atoms with Crippen molar-refractivity contribution >= 4 is 11.3 Å². The molecule has 0 aliphatic rings. The van der Waals surface area contributed by atoms with E-state index in [4.69, 9.17) is 10.2 Å². The molecule has 0 aliphatic carbocycles. The third-order valence-corrected chi connectivity index (χ3v) is 1.86. The Labute approximate surface area is 61.7 Å². The molecule has 0 rings (SSSR count). The van der Waals surface area contributed by atoms with E-state index in [1.807, 2.05) is 0 Å². The van der Waals surface area contributed by atoms with Crippen LogP contribution in [-0.2, 0) is 11.3 Å². The summed E-state index contributed by atoms with van der Waals surface area (Å²) in [5.74, 6) is 0. The van der Waals surface area contributed by atoms with Gasteiger partial charge in [0.2, 0.25) is 0 Å². The van der Waals surface area contributed by atoms with Gasteiger partial charge in [0.1, 0.15) is 12.5 Å². The van der Waals surface area contributed by atoms with E-state index < -0.39 is 23.7 Å². The summed E-state index contributed by atoms with van der Waals surface area (Å²) < 4.78 is 20.9. The van der Waals surface area contributed by atoms with Crippen molar-refractivity contribution in [3.8, 4) is 0 Å². The predicted octanol–water partition coefficient (Wildman–Crippen LogP) is -1.24. The lowest BCUT2D eigenvalue weighted by molar-refractivity contribution is -0.0251. The fourth-order valence-corrected chi connectivity index (χ4v) is 1.06. The highest BCUT2D eigenvalue weighted by Gasteiger charge is 2.16. The van der Waals surface area contributed by atoms with Crippen LogP contribution in [0.15, 0.2) is 0 Å². The van der Waals surface area contributed by atoms with Crippen LogP contribution in [0.5, 0.6) is 0 Å². The van der Waals surface area contributed by atoms with E-state index in [0.29, 0.717) is 4.31 Å². The van der Waals surface area contributed by atoms with Crippen molar-refractivity contribution in [3.63, 3.8) is 0 Å². The topological polar surface area (TPSA) is 83.8 Å². The fraction of sp³-hybridized carbons (Fsp3) is 1.00. The molecule has 0 bridgehead atoms. The van der Waals surface area contributed by atoms with Crippen LogP contribution >= 0.6 is 0 Å². The van der Waals surface area contributed by atoms with E-state index in [2.05, 4.69) is 0 Å². The Morgan fingerprint density at radius 1 is 1.40 bits per heavy atom. The lowest BCUT2D eigenvalue weighted by atomic mass is 10.6. The number of nitrogens with zero attached hydrogens (tertiary/aromatic N) is 1. The van der Waals surface area contributed by atoms with Gasteiger partial charge in [-0.15, -0.1) is 0 Å². The molecule has 3 unspecified atom stereocenters. The minimum atomic E-state index is -2.58. The van der Waals surface area contributed by atoms with Crippen molar-refractivity contribution < 1.29 is 19.0 Å². The molecule has 0 saturated heterocycles. The fourth-order valence-electron chi connectivity index (χ4n) is 0.561. The van der Waals surface area contributed by atoms with Crippen LogP contribution in [0.2, 0.25) is 0 Å². The van der Waals surface area contributed by atoms with Gasteiger partial charge in [-0.2, -0.15) is 4.31 Å². The Hall–Kier alpha value is -0.0100. The first-order valence-electron chi connectivity index (χ1n) is 2.70. The maximum Gasteiger partial charge on any atom is 0.117 e. The first kappa shape index (κ1) is 9.99. The standard InChI is InChI=1S/C4H11NO4S/c1-3(6)5(4(2)7)10(8)9/h3-4,6-7H,1-2H3,(H,8,9)/p-1. The molecule has 0 heterocycles. The van der Waals surface area contributed by atoms with E-state index in [-0.39, 0.29) is 0 Å². The molecule has 5 nitrogen and oxygen atoms in total. The van der Waals surface area contributed by atoms with Crippen LogP contribution in [0, 0.1) is 0 Å². The molecule has 0 amide bonds. The van der Waals surface area contributed by atoms with E-state index in [9.17, 15) is 8.76 Å². The van der Waals surface area contributed by atoms with E-state index in [1.165, 1.54) is 13.8 Å². The zero-order valence-corrected chi connectivity index (χ0v) is 6.54. The van der Waals surface area contributed by atoms with E-state index in [1.54, 1.807) is 0 Å². The smallest absolute Gasteiger partial charge is 0.117 e. The third kappa shape index (κ3) is 2.72. The van der Waals surface area contributed by atoms with Gasteiger partial charge in [0.15, 0.2) is 0 Å². The maximum atomic E-state index is 10.2. The Kier molecular flexibility index (Phi) is 3.99. The van der Waals surface area contributed by atoms with Gasteiger partial charge in [-0.05, 0) is 13.8 Å². The zero-order chi connectivity index (χ0) is 8.31. The Morgan fingerprint density at radius 3 is 1.70 bits per heavy atom. The molecule has 0 radical (unpaired) electrons. The van der Waals surface area contributed by atoms with Crippen LogP contribution in [-0.4, -0.2) is 35.7 Å². The molecule has 0 aromatic carbocycles. The molecule has 62 valence electrons. The Morgan fingerprint density at radius 2 is 1.70 bits per heavy atom. The van der Waals surface area contributed by atoms with Gasteiger partial charge in [-0.3, -0.25) is 4.21 Å². The molecular weight excluding hydrogens is 158 g/mol. The highest BCUT2D eigenvalue weighted by molar-refractivity contribution is 7.76. The van der Waals surface area contributed by atoms with Crippen LogP contribution in [0.1, 0.15) is 13.8 Å². The van der Waals surface area contributed by atoms with Crippen molar-refractivity contribution in [2.45, 2.75) is 26.3 Å². The summed E-state index contributed by atoms with van der Waals surface area (Å²) in [6, 6.07) is 0. The number of hydrogen-bond donors (Lipinski definition) is 2. The third-order valence-electron chi connectivity index (χ3n) is 0.909. The lowest BCUT2D eigenvalue weighted by Gasteiger charge is -2.28. The molecular formula is C4H10NO4S-. The van der Waals surface area contributed by atoms with Crippen LogP contribution in [0.25, 0.3) is 0 Å². The van der Waals surface area contributed by atoms with Gasteiger partial charge >= 0.3 is 0 Å². The summed E-state index contributed by atoms with van der Waals surface area (Å²) in [5.41, 5.74) is 0. The van der Waals surface area contributed by atoms with Gasteiger partial charge in [0, 0.05) is 11.3 Å². The highest BCUT2D eigenvalue weighted by atomic mass is 32.2. The Bertz CT molecular complexity index is 118. The minimum absolute atomic E-state index is 0.528. The van der Waals surface area contributed by atoms with Gasteiger partial charge in [-0.25, -0.2) is 0 Å².